The summed E-state index contributed by atoms with van der Waals surface area (Å²) in [6, 6.07) is 4.19. The first-order valence-corrected chi connectivity index (χ1v) is 9.06. The molecule has 1 aliphatic heterocycles. The van der Waals surface area contributed by atoms with E-state index < -0.39 is 0 Å². The summed E-state index contributed by atoms with van der Waals surface area (Å²) in [7, 11) is 1.49. The van der Waals surface area contributed by atoms with Crippen molar-refractivity contribution in [1.29, 1.82) is 0 Å². The number of fused-ring (bicyclic) bond motifs is 1. The van der Waals surface area contributed by atoms with Crippen LogP contribution in [-0.4, -0.2) is 43.3 Å². The first-order chi connectivity index (χ1) is 12.0. The Bertz CT molecular complexity index is 627. The van der Waals surface area contributed by atoms with Crippen molar-refractivity contribution in [3.05, 3.63) is 29.1 Å². The van der Waals surface area contributed by atoms with Gasteiger partial charge < -0.3 is 19.7 Å². The predicted molar refractivity (Wildman–Crippen MR) is 93.4 cm³/mol. The first-order valence-electron chi connectivity index (χ1n) is 9.06. The second-order valence-corrected chi connectivity index (χ2v) is 7.10. The maximum absolute atomic E-state index is 14.4. The minimum Gasteiger partial charge on any atom is -0.494 e. The molecule has 1 aliphatic carbocycles. The Balaban J connectivity index is 1.56. The Labute approximate surface area is 148 Å². The Morgan fingerprint density at radius 3 is 2.64 bits per heavy atom. The van der Waals surface area contributed by atoms with Crippen LogP contribution >= 0.6 is 0 Å². The van der Waals surface area contributed by atoms with Gasteiger partial charge in [-0.1, -0.05) is 6.07 Å². The molecule has 138 valence electrons. The molecule has 1 aromatic rings. The largest absolute Gasteiger partial charge is 0.494 e. The van der Waals surface area contributed by atoms with E-state index in [9.17, 15) is 9.18 Å². The van der Waals surface area contributed by atoms with Crippen molar-refractivity contribution < 1.29 is 18.7 Å². The number of nitrogens with zero attached hydrogens (tertiary/aromatic N) is 1. The van der Waals surface area contributed by atoms with Gasteiger partial charge in [-0.2, -0.15) is 0 Å². The first kappa shape index (κ1) is 18.0. The SMILES string of the molecule is COc1ccc2c(c1F)CCC2NC1CCN(C(=O)OC(C)C)CC1. The number of carbonyl (C=O) groups is 1. The van der Waals surface area contributed by atoms with Crippen LogP contribution in [-0.2, 0) is 11.2 Å². The molecule has 3 rings (SSSR count). The van der Waals surface area contributed by atoms with Crippen LogP contribution in [0.3, 0.4) is 0 Å². The Morgan fingerprint density at radius 1 is 1.28 bits per heavy atom. The highest BCUT2D eigenvalue weighted by atomic mass is 19.1. The van der Waals surface area contributed by atoms with Gasteiger partial charge in [-0.3, -0.25) is 0 Å². The van der Waals surface area contributed by atoms with E-state index in [0.29, 0.717) is 24.9 Å². The van der Waals surface area contributed by atoms with E-state index in [1.54, 1.807) is 11.0 Å². The summed E-state index contributed by atoms with van der Waals surface area (Å²) in [5.41, 5.74) is 1.81. The second kappa shape index (κ2) is 7.60. The molecule has 0 radical (unpaired) electrons. The van der Waals surface area contributed by atoms with Crippen molar-refractivity contribution in [3.8, 4) is 5.75 Å². The van der Waals surface area contributed by atoms with Gasteiger partial charge in [0.25, 0.3) is 0 Å². The van der Waals surface area contributed by atoms with Gasteiger partial charge >= 0.3 is 6.09 Å². The number of hydrogen-bond donors (Lipinski definition) is 1. The van der Waals surface area contributed by atoms with Crippen LogP contribution in [0.5, 0.6) is 5.75 Å². The number of hydrogen-bond acceptors (Lipinski definition) is 4. The van der Waals surface area contributed by atoms with E-state index >= 15 is 0 Å². The van der Waals surface area contributed by atoms with E-state index in [4.69, 9.17) is 9.47 Å². The molecule has 1 amide bonds. The van der Waals surface area contributed by atoms with Gasteiger partial charge in [0, 0.05) is 25.2 Å². The Hall–Kier alpha value is -1.82. The van der Waals surface area contributed by atoms with E-state index in [-0.39, 0.29) is 24.1 Å². The molecule has 1 unspecified atom stereocenters. The number of likely N-dealkylation sites (tertiary alicyclic amines) is 1. The van der Waals surface area contributed by atoms with Crippen molar-refractivity contribution in [3.63, 3.8) is 0 Å². The molecule has 1 atom stereocenters. The number of rotatable bonds is 4. The van der Waals surface area contributed by atoms with Crippen LogP contribution < -0.4 is 10.1 Å². The quantitative estimate of drug-likeness (QED) is 0.904. The van der Waals surface area contributed by atoms with Gasteiger partial charge in [0.2, 0.25) is 0 Å². The van der Waals surface area contributed by atoms with Crippen molar-refractivity contribution in [2.24, 2.45) is 0 Å². The van der Waals surface area contributed by atoms with Gasteiger partial charge in [0.1, 0.15) is 0 Å². The minimum atomic E-state index is -0.228. The lowest BCUT2D eigenvalue weighted by molar-refractivity contribution is 0.0672. The summed E-state index contributed by atoms with van der Waals surface area (Å²) in [6.45, 7) is 5.11. The molecule has 0 spiro atoms. The summed E-state index contributed by atoms with van der Waals surface area (Å²) in [5.74, 6) is 0.0897. The standard InChI is InChI=1S/C19H27FN2O3/c1-12(2)25-19(23)22-10-8-13(9-11-22)21-16-6-4-15-14(16)5-7-17(24-3)18(15)20/h5,7,12-13,16,21H,4,6,8-11H2,1-3H3. The zero-order valence-corrected chi connectivity index (χ0v) is 15.2. The second-order valence-electron chi connectivity index (χ2n) is 7.10. The third kappa shape index (κ3) is 3.89. The number of carbonyl (C=O) groups excluding carboxylic acids is 1. The van der Waals surface area contributed by atoms with Crippen molar-refractivity contribution >= 4 is 6.09 Å². The average Bonchev–Trinajstić information content (AvgIpc) is 2.99. The van der Waals surface area contributed by atoms with Gasteiger partial charge in [0.15, 0.2) is 11.6 Å². The summed E-state index contributed by atoms with van der Waals surface area (Å²) >= 11 is 0. The van der Waals surface area contributed by atoms with Crippen LogP contribution in [0.1, 0.15) is 50.3 Å². The maximum atomic E-state index is 14.4. The smallest absolute Gasteiger partial charge is 0.410 e. The van der Waals surface area contributed by atoms with Crippen molar-refractivity contribution in [2.45, 2.75) is 57.7 Å². The van der Waals surface area contributed by atoms with Crippen LogP contribution in [0.2, 0.25) is 0 Å². The Kier molecular flexibility index (Phi) is 5.47. The van der Waals surface area contributed by atoms with Crippen molar-refractivity contribution in [2.75, 3.05) is 20.2 Å². The molecule has 6 heteroatoms. The van der Waals surface area contributed by atoms with Crippen molar-refractivity contribution in [1.82, 2.24) is 10.2 Å². The number of halogens is 1. The van der Waals surface area contributed by atoms with Gasteiger partial charge in [0.05, 0.1) is 13.2 Å². The number of nitrogens with one attached hydrogen (secondary N) is 1. The zero-order chi connectivity index (χ0) is 18.0. The topological polar surface area (TPSA) is 50.8 Å². The number of piperidine rings is 1. The summed E-state index contributed by atoms with van der Waals surface area (Å²) in [4.78, 5) is 13.7. The molecular formula is C19H27FN2O3. The average molecular weight is 350 g/mol. The highest BCUT2D eigenvalue weighted by molar-refractivity contribution is 5.67. The fourth-order valence-corrected chi connectivity index (χ4v) is 3.76. The molecule has 1 saturated heterocycles. The highest BCUT2D eigenvalue weighted by Crippen LogP contribution is 2.37. The Morgan fingerprint density at radius 2 is 2.00 bits per heavy atom. The fraction of sp³-hybridized carbons (Fsp3) is 0.632. The molecule has 0 aromatic heterocycles. The van der Waals surface area contributed by atoms with Crippen LogP contribution in [0.25, 0.3) is 0 Å². The number of amides is 1. The normalized spacial score (nSPS) is 20.7. The molecule has 0 bridgehead atoms. The molecule has 25 heavy (non-hydrogen) atoms. The molecule has 1 aromatic carbocycles. The van der Waals surface area contributed by atoms with Crippen LogP contribution in [0.4, 0.5) is 9.18 Å². The summed E-state index contributed by atoms with van der Waals surface area (Å²) in [5, 5.41) is 3.65. The molecule has 2 aliphatic rings. The lowest BCUT2D eigenvalue weighted by atomic mass is 10.0. The van der Waals surface area contributed by atoms with E-state index in [2.05, 4.69) is 5.32 Å². The summed E-state index contributed by atoms with van der Waals surface area (Å²) in [6.07, 6.45) is 3.08. The lowest BCUT2D eigenvalue weighted by Crippen LogP contribution is -2.46. The molecule has 5 nitrogen and oxygen atoms in total. The van der Waals surface area contributed by atoms with Crippen LogP contribution in [0.15, 0.2) is 12.1 Å². The third-order valence-electron chi connectivity index (χ3n) is 5.05. The molecule has 1 N–H and O–H groups in total. The van der Waals surface area contributed by atoms with E-state index in [1.807, 2.05) is 19.9 Å². The zero-order valence-electron chi connectivity index (χ0n) is 15.2. The molecule has 1 fully saturated rings. The van der Waals surface area contributed by atoms with E-state index in [0.717, 1.165) is 36.8 Å². The highest BCUT2D eigenvalue weighted by Gasteiger charge is 2.30. The van der Waals surface area contributed by atoms with Gasteiger partial charge in [-0.05, 0) is 56.7 Å². The number of ether oxygens (including phenoxy) is 2. The third-order valence-corrected chi connectivity index (χ3v) is 5.05. The van der Waals surface area contributed by atoms with Gasteiger partial charge in [-0.25, -0.2) is 9.18 Å². The predicted octanol–water partition coefficient (Wildman–Crippen LogP) is 3.42. The minimum absolute atomic E-state index is 0.0924. The lowest BCUT2D eigenvalue weighted by Gasteiger charge is -2.33. The summed E-state index contributed by atoms with van der Waals surface area (Å²) < 4.78 is 24.7. The van der Waals surface area contributed by atoms with Crippen LogP contribution in [0, 0.1) is 5.82 Å². The number of benzene rings is 1. The van der Waals surface area contributed by atoms with E-state index in [1.165, 1.54) is 7.11 Å². The molecule has 0 saturated carbocycles. The maximum Gasteiger partial charge on any atom is 0.410 e. The number of methoxy groups -OCH3 is 1. The van der Waals surface area contributed by atoms with Gasteiger partial charge in [-0.15, -0.1) is 0 Å². The fourth-order valence-electron chi connectivity index (χ4n) is 3.76. The molecular weight excluding hydrogens is 323 g/mol. The molecule has 1 heterocycles. The monoisotopic (exact) mass is 350 g/mol.